The van der Waals surface area contributed by atoms with Crippen LogP contribution in [-0.4, -0.2) is 31.4 Å². The third-order valence-corrected chi connectivity index (χ3v) is 2.23. The van der Waals surface area contributed by atoms with E-state index in [4.69, 9.17) is 10.5 Å². The summed E-state index contributed by atoms with van der Waals surface area (Å²) in [6.07, 6.45) is 2.72. The van der Waals surface area contributed by atoms with Crippen molar-refractivity contribution in [3.63, 3.8) is 0 Å². The number of nitrogens with one attached hydrogen (secondary N) is 1. The van der Waals surface area contributed by atoms with Gasteiger partial charge < -0.3 is 20.4 Å². The zero-order valence-corrected chi connectivity index (χ0v) is 9.61. The van der Waals surface area contributed by atoms with Gasteiger partial charge in [-0.3, -0.25) is 4.79 Å². The van der Waals surface area contributed by atoms with Crippen molar-refractivity contribution in [1.29, 1.82) is 0 Å². The fourth-order valence-electron chi connectivity index (χ4n) is 1.34. The van der Waals surface area contributed by atoms with Gasteiger partial charge in [0.25, 0.3) is 5.56 Å². The third kappa shape index (κ3) is 4.04. The van der Waals surface area contributed by atoms with Gasteiger partial charge in [0.15, 0.2) is 0 Å². The Hall–Kier alpha value is -1.33. The summed E-state index contributed by atoms with van der Waals surface area (Å²) >= 11 is 0. The topological polar surface area (TPSA) is 69.3 Å². The van der Waals surface area contributed by atoms with Gasteiger partial charge in [0.1, 0.15) is 0 Å². The molecule has 1 aromatic heterocycles. The second kappa shape index (κ2) is 7.03. The van der Waals surface area contributed by atoms with Gasteiger partial charge in [-0.15, -0.1) is 0 Å². The first-order valence-electron chi connectivity index (χ1n) is 5.41. The first kappa shape index (κ1) is 12.7. The molecule has 0 amide bonds. The van der Waals surface area contributed by atoms with Crippen LogP contribution in [0.4, 0.5) is 5.69 Å². The lowest BCUT2D eigenvalue weighted by Crippen LogP contribution is -2.21. The third-order valence-electron chi connectivity index (χ3n) is 2.23. The SMILES string of the molecule is COCCn1cc(NCCCN)ccc1=O. The summed E-state index contributed by atoms with van der Waals surface area (Å²) in [5.41, 5.74) is 6.32. The van der Waals surface area contributed by atoms with Crippen molar-refractivity contribution in [2.75, 3.05) is 32.1 Å². The molecule has 0 aliphatic rings. The lowest BCUT2D eigenvalue weighted by atomic mass is 10.3. The first-order chi connectivity index (χ1) is 7.77. The summed E-state index contributed by atoms with van der Waals surface area (Å²) in [6.45, 7) is 2.59. The maximum atomic E-state index is 11.5. The monoisotopic (exact) mass is 225 g/mol. The van der Waals surface area contributed by atoms with Crippen LogP contribution in [-0.2, 0) is 11.3 Å². The van der Waals surface area contributed by atoms with E-state index in [1.807, 2.05) is 0 Å². The largest absolute Gasteiger partial charge is 0.384 e. The van der Waals surface area contributed by atoms with Crippen LogP contribution in [0.5, 0.6) is 0 Å². The van der Waals surface area contributed by atoms with E-state index >= 15 is 0 Å². The Morgan fingerprint density at radius 2 is 2.31 bits per heavy atom. The Morgan fingerprint density at radius 3 is 3.00 bits per heavy atom. The van der Waals surface area contributed by atoms with E-state index in [0.29, 0.717) is 19.7 Å². The summed E-state index contributed by atoms with van der Waals surface area (Å²) in [5, 5.41) is 3.21. The molecule has 0 saturated carbocycles. The van der Waals surface area contributed by atoms with E-state index in [1.54, 1.807) is 30.0 Å². The van der Waals surface area contributed by atoms with Crippen LogP contribution >= 0.6 is 0 Å². The highest BCUT2D eigenvalue weighted by Gasteiger charge is 1.97. The normalized spacial score (nSPS) is 10.4. The molecule has 0 radical (unpaired) electrons. The van der Waals surface area contributed by atoms with Crippen LogP contribution in [0.25, 0.3) is 0 Å². The van der Waals surface area contributed by atoms with Gasteiger partial charge in [-0.2, -0.15) is 0 Å². The van der Waals surface area contributed by atoms with Gasteiger partial charge >= 0.3 is 0 Å². The molecule has 3 N–H and O–H groups in total. The molecule has 0 aliphatic carbocycles. The van der Waals surface area contributed by atoms with Crippen LogP contribution in [0.3, 0.4) is 0 Å². The number of nitrogens with zero attached hydrogens (tertiary/aromatic N) is 1. The molecule has 0 unspecified atom stereocenters. The van der Waals surface area contributed by atoms with Crippen molar-refractivity contribution >= 4 is 5.69 Å². The van der Waals surface area contributed by atoms with Crippen molar-refractivity contribution in [2.45, 2.75) is 13.0 Å². The average molecular weight is 225 g/mol. The van der Waals surface area contributed by atoms with Gasteiger partial charge in [-0.25, -0.2) is 0 Å². The van der Waals surface area contributed by atoms with E-state index in [9.17, 15) is 4.79 Å². The minimum absolute atomic E-state index is 0.0126. The second-order valence-corrected chi connectivity index (χ2v) is 3.51. The maximum absolute atomic E-state index is 11.5. The van der Waals surface area contributed by atoms with Crippen LogP contribution in [0.1, 0.15) is 6.42 Å². The van der Waals surface area contributed by atoms with Crippen LogP contribution in [0.2, 0.25) is 0 Å². The van der Waals surface area contributed by atoms with Crippen LogP contribution in [0.15, 0.2) is 23.1 Å². The Morgan fingerprint density at radius 1 is 1.50 bits per heavy atom. The molecule has 1 rings (SSSR count). The molecule has 0 saturated heterocycles. The first-order valence-corrected chi connectivity index (χ1v) is 5.41. The van der Waals surface area contributed by atoms with Crippen molar-refractivity contribution in [2.24, 2.45) is 5.73 Å². The number of hydrogen-bond donors (Lipinski definition) is 2. The number of aromatic nitrogens is 1. The summed E-state index contributed by atoms with van der Waals surface area (Å²) in [7, 11) is 1.62. The molecule has 1 heterocycles. The highest BCUT2D eigenvalue weighted by atomic mass is 16.5. The highest BCUT2D eigenvalue weighted by Crippen LogP contribution is 2.02. The number of pyridine rings is 1. The van der Waals surface area contributed by atoms with E-state index in [2.05, 4.69) is 5.32 Å². The summed E-state index contributed by atoms with van der Waals surface area (Å²) in [4.78, 5) is 11.5. The van der Waals surface area contributed by atoms with Crippen LogP contribution < -0.4 is 16.6 Å². The summed E-state index contributed by atoms with van der Waals surface area (Å²) in [6, 6.07) is 3.34. The predicted octanol–water partition coefficient (Wildman–Crippen LogP) is 0.255. The minimum Gasteiger partial charge on any atom is -0.384 e. The lowest BCUT2D eigenvalue weighted by molar-refractivity contribution is 0.186. The van der Waals surface area contributed by atoms with E-state index in [-0.39, 0.29) is 5.56 Å². The molecular weight excluding hydrogens is 206 g/mol. The van der Waals surface area contributed by atoms with Crippen molar-refractivity contribution in [1.82, 2.24) is 4.57 Å². The van der Waals surface area contributed by atoms with Gasteiger partial charge in [0, 0.05) is 32.5 Å². The number of methoxy groups -OCH3 is 1. The van der Waals surface area contributed by atoms with Crippen LogP contribution in [0, 0.1) is 0 Å². The van der Waals surface area contributed by atoms with Gasteiger partial charge in [0.2, 0.25) is 0 Å². The Labute approximate surface area is 95.2 Å². The lowest BCUT2D eigenvalue weighted by Gasteiger charge is -2.09. The van der Waals surface area contributed by atoms with Crippen molar-refractivity contribution < 1.29 is 4.74 Å². The van der Waals surface area contributed by atoms with Gasteiger partial charge in [0.05, 0.1) is 12.3 Å². The van der Waals surface area contributed by atoms with Crippen molar-refractivity contribution in [3.8, 4) is 0 Å². The van der Waals surface area contributed by atoms with Gasteiger partial charge in [-0.1, -0.05) is 0 Å². The smallest absolute Gasteiger partial charge is 0.250 e. The van der Waals surface area contributed by atoms with Gasteiger partial charge in [-0.05, 0) is 19.0 Å². The zero-order chi connectivity index (χ0) is 11.8. The maximum Gasteiger partial charge on any atom is 0.250 e. The summed E-state index contributed by atoms with van der Waals surface area (Å²) < 4.78 is 6.58. The molecule has 0 fully saturated rings. The molecule has 0 aliphatic heterocycles. The van der Waals surface area contributed by atoms with Crippen molar-refractivity contribution in [3.05, 3.63) is 28.7 Å². The predicted molar refractivity (Wildman–Crippen MR) is 64.7 cm³/mol. The van der Waals surface area contributed by atoms with E-state index in [1.165, 1.54) is 0 Å². The Balaban J connectivity index is 2.62. The number of hydrogen-bond acceptors (Lipinski definition) is 4. The number of nitrogens with two attached hydrogens (primary N) is 1. The fraction of sp³-hybridized carbons (Fsp3) is 0.545. The minimum atomic E-state index is -0.0126. The number of ether oxygens (including phenoxy) is 1. The Kier molecular flexibility index (Phi) is 5.60. The second-order valence-electron chi connectivity index (χ2n) is 3.51. The van der Waals surface area contributed by atoms with E-state index in [0.717, 1.165) is 18.7 Å². The molecule has 0 atom stereocenters. The number of anilines is 1. The fourth-order valence-corrected chi connectivity index (χ4v) is 1.34. The highest BCUT2D eigenvalue weighted by molar-refractivity contribution is 5.40. The average Bonchev–Trinajstić information content (AvgIpc) is 2.30. The molecule has 0 bridgehead atoms. The molecule has 1 aromatic rings. The quantitative estimate of drug-likeness (QED) is 0.653. The molecule has 5 heteroatoms. The zero-order valence-electron chi connectivity index (χ0n) is 9.61. The standard InChI is InChI=1S/C11H19N3O2/c1-16-8-7-14-9-10(3-4-11(14)15)13-6-2-5-12/h3-4,9,13H,2,5-8,12H2,1H3. The number of rotatable bonds is 7. The molecular formula is C11H19N3O2. The molecule has 0 aromatic carbocycles. The summed E-state index contributed by atoms with van der Waals surface area (Å²) in [5.74, 6) is 0. The Bertz CT molecular complexity index is 362. The molecule has 0 spiro atoms. The molecule has 90 valence electrons. The van der Waals surface area contributed by atoms with E-state index < -0.39 is 0 Å². The molecule has 16 heavy (non-hydrogen) atoms. The molecule has 5 nitrogen and oxygen atoms in total.